The predicted octanol–water partition coefficient (Wildman–Crippen LogP) is 3.57. The fraction of sp³-hybridized carbons (Fsp3) is 0.538. The van der Waals surface area contributed by atoms with Gasteiger partial charge in [-0.3, -0.25) is 4.90 Å². The van der Waals surface area contributed by atoms with Crippen LogP contribution in [0, 0.1) is 5.82 Å². The van der Waals surface area contributed by atoms with Gasteiger partial charge in [0.05, 0.1) is 12.7 Å². The third-order valence-electron chi connectivity index (χ3n) is 3.20. The molecule has 2 rings (SSSR count). The molecule has 0 spiro atoms. The van der Waals surface area contributed by atoms with Crippen LogP contribution < -0.4 is 0 Å². The van der Waals surface area contributed by atoms with Gasteiger partial charge in [0.25, 0.3) is 0 Å². The zero-order valence-corrected chi connectivity index (χ0v) is 13.4. The van der Waals surface area contributed by atoms with E-state index >= 15 is 0 Å². The van der Waals surface area contributed by atoms with Crippen LogP contribution in [-0.2, 0) is 11.3 Å². The Labute approximate surface area is 124 Å². The van der Waals surface area contributed by atoms with Crippen LogP contribution in [-0.4, -0.2) is 35.5 Å². The van der Waals surface area contributed by atoms with Crippen molar-refractivity contribution in [3.8, 4) is 0 Å². The van der Waals surface area contributed by atoms with Gasteiger partial charge >= 0.3 is 0 Å². The molecule has 1 saturated heterocycles. The lowest BCUT2D eigenvalue weighted by molar-refractivity contribution is -0.0502. The molecular formula is C13H16Br2FNO. The van der Waals surface area contributed by atoms with Gasteiger partial charge in [0, 0.05) is 34.5 Å². The van der Waals surface area contributed by atoms with E-state index in [9.17, 15) is 4.39 Å². The molecule has 2 atom stereocenters. The smallest absolute Gasteiger partial charge is 0.128 e. The van der Waals surface area contributed by atoms with Crippen molar-refractivity contribution < 1.29 is 9.13 Å². The van der Waals surface area contributed by atoms with Crippen LogP contribution in [0.25, 0.3) is 0 Å². The molecule has 5 heteroatoms. The SMILES string of the molecule is CC1COC(CBr)CN1Cc1ccc(Br)cc1F. The van der Waals surface area contributed by atoms with Crippen LogP contribution in [0.1, 0.15) is 12.5 Å². The monoisotopic (exact) mass is 379 g/mol. The van der Waals surface area contributed by atoms with E-state index in [2.05, 4.69) is 43.7 Å². The van der Waals surface area contributed by atoms with Crippen molar-refractivity contribution >= 4 is 31.9 Å². The number of hydrogen-bond donors (Lipinski definition) is 0. The van der Waals surface area contributed by atoms with Crippen LogP contribution in [0.5, 0.6) is 0 Å². The zero-order chi connectivity index (χ0) is 13.1. The van der Waals surface area contributed by atoms with Gasteiger partial charge in [-0.05, 0) is 19.1 Å². The number of ether oxygens (including phenoxy) is 1. The maximum absolute atomic E-state index is 13.8. The van der Waals surface area contributed by atoms with E-state index in [0.29, 0.717) is 19.2 Å². The molecule has 2 unspecified atom stereocenters. The Bertz CT molecular complexity index is 416. The summed E-state index contributed by atoms with van der Waals surface area (Å²) in [5, 5.41) is 0.818. The van der Waals surface area contributed by atoms with Crippen molar-refractivity contribution in [2.24, 2.45) is 0 Å². The van der Waals surface area contributed by atoms with Crippen molar-refractivity contribution in [3.05, 3.63) is 34.1 Å². The molecule has 1 fully saturated rings. The topological polar surface area (TPSA) is 12.5 Å². The number of rotatable bonds is 3. The van der Waals surface area contributed by atoms with Gasteiger partial charge in [-0.1, -0.05) is 37.9 Å². The lowest BCUT2D eigenvalue weighted by atomic mass is 10.1. The summed E-state index contributed by atoms with van der Waals surface area (Å²) in [5.41, 5.74) is 0.736. The molecule has 1 aliphatic rings. The highest BCUT2D eigenvalue weighted by Gasteiger charge is 2.25. The summed E-state index contributed by atoms with van der Waals surface area (Å²) in [6.07, 6.45) is 0.194. The average molecular weight is 381 g/mol. The van der Waals surface area contributed by atoms with Crippen LogP contribution in [0.3, 0.4) is 0 Å². The van der Waals surface area contributed by atoms with Gasteiger partial charge in [0.2, 0.25) is 0 Å². The molecular weight excluding hydrogens is 365 g/mol. The number of morpholine rings is 1. The molecule has 1 aromatic carbocycles. The molecule has 0 radical (unpaired) electrons. The summed E-state index contributed by atoms with van der Waals surface area (Å²) in [4.78, 5) is 2.27. The highest BCUT2D eigenvalue weighted by molar-refractivity contribution is 9.10. The molecule has 1 aliphatic heterocycles. The molecule has 18 heavy (non-hydrogen) atoms. The molecule has 0 saturated carbocycles. The zero-order valence-electron chi connectivity index (χ0n) is 10.2. The first-order chi connectivity index (χ1) is 8.60. The van der Waals surface area contributed by atoms with Gasteiger partial charge in [0.1, 0.15) is 5.82 Å². The summed E-state index contributed by atoms with van der Waals surface area (Å²) >= 11 is 6.71. The number of nitrogens with zero attached hydrogens (tertiary/aromatic N) is 1. The largest absolute Gasteiger partial charge is 0.374 e. The highest BCUT2D eigenvalue weighted by Crippen LogP contribution is 2.20. The van der Waals surface area contributed by atoms with E-state index in [1.165, 1.54) is 6.07 Å². The minimum absolute atomic E-state index is 0.154. The fourth-order valence-electron chi connectivity index (χ4n) is 2.06. The number of halogens is 3. The average Bonchev–Trinajstić information content (AvgIpc) is 2.35. The maximum Gasteiger partial charge on any atom is 0.128 e. The van der Waals surface area contributed by atoms with E-state index in [0.717, 1.165) is 21.9 Å². The van der Waals surface area contributed by atoms with Gasteiger partial charge in [-0.2, -0.15) is 0 Å². The van der Waals surface area contributed by atoms with E-state index in [4.69, 9.17) is 4.74 Å². The predicted molar refractivity (Wildman–Crippen MR) is 77.5 cm³/mol. The first-order valence-corrected chi connectivity index (χ1v) is 7.87. The Morgan fingerprint density at radius 1 is 1.50 bits per heavy atom. The Morgan fingerprint density at radius 2 is 2.28 bits per heavy atom. The van der Waals surface area contributed by atoms with Crippen LogP contribution >= 0.6 is 31.9 Å². The molecule has 0 amide bonds. The normalized spacial score (nSPS) is 25.3. The molecule has 1 aromatic rings. The van der Waals surface area contributed by atoms with Crippen molar-refractivity contribution in [1.82, 2.24) is 4.90 Å². The summed E-state index contributed by atoms with van der Waals surface area (Å²) in [6.45, 7) is 4.28. The second kappa shape index (κ2) is 6.46. The van der Waals surface area contributed by atoms with E-state index in [-0.39, 0.29) is 11.9 Å². The van der Waals surface area contributed by atoms with Crippen molar-refractivity contribution in [1.29, 1.82) is 0 Å². The lowest BCUT2D eigenvalue weighted by Crippen LogP contribution is -2.48. The summed E-state index contributed by atoms with van der Waals surface area (Å²) < 4.78 is 20.3. The first-order valence-electron chi connectivity index (χ1n) is 5.95. The van der Waals surface area contributed by atoms with Crippen molar-refractivity contribution in [2.75, 3.05) is 18.5 Å². The van der Waals surface area contributed by atoms with E-state index in [1.54, 1.807) is 0 Å². The summed E-state index contributed by atoms with van der Waals surface area (Å²) in [6, 6.07) is 5.56. The standard InChI is InChI=1S/C13H16Br2FNO/c1-9-8-18-12(5-14)7-17(9)6-10-2-3-11(15)4-13(10)16/h2-4,9,12H,5-8H2,1H3. The third kappa shape index (κ3) is 3.53. The summed E-state index contributed by atoms with van der Waals surface area (Å²) in [7, 11) is 0. The Morgan fingerprint density at radius 3 is 2.94 bits per heavy atom. The van der Waals surface area contributed by atoms with Gasteiger partial charge < -0.3 is 4.74 Å². The molecule has 1 heterocycles. The minimum Gasteiger partial charge on any atom is -0.374 e. The molecule has 2 nitrogen and oxygen atoms in total. The molecule has 0 N–H and O–H groups in total. The lowest BCUT2D eigenvalue weighted by Gasteiger charge is -2.37. The fourth-order valence-corrected chi connectivity index (χ4v) is 2.78. The summed E-state index contributed by atoms with van der Waals surface area (Å²) in [5.74, 6) is -0.154. The highest BCUT2D eigenvalue weighted by atomic mass is 79.9. The minimum atomic E-state index is -0.154. The Kier molecular flexibility index (Phi) is 5.18. The van der Waals surface area contributed by atoms with Crippen LogP contribution in [0.15, 0.2) is 22.7 Å². The third-order valence-corrected chi connectivity index (χ3v) is 4.41. The van der Waals surface area contributed by atoms with Gasteiger partial charge in [0.15, 0.2) is 0 Å². The Hall–Kier alpha value is 0.0300. The van der Waals surface area contributed by atoms with Crippen molar-refractivity contribution in [2.45, 2.75) is 25.6 Å². The quantitative estimate of drug-likeness (QED) is 0.743. The molecule has 100 valence electrons. The second-order valence-electron chi connectivity index (χ2n) is 4.62. The first kappa shape index (κ1) is 14.4. The van der Waals surface area contributed by atoms with E-state index < -0.39 is 0 Å². The van der Waals surface area contributed by atoms with Crippen LogP contribution in [0.4, 0.5) is 4.39 Å². The molecule has 0 bridgehead atoms. The number of benzene rings is 1. The Balaban J connectivity index is 2.07. The molecule has 0 aromatic heterocycles. The number of hydrogen-bond acceptors (Lipinski definition) is 2. The number of alkyl halides is 1. The maximum atomic E-state index is 13.8. The van der Waals surface area contributed by atoms with Crippen molar-refractivity contribution in [3.63, 3.8) is 0 Å². The van der Waals surface area contributed by atoms with E-state index in [1.807, 2.05) is 12.1 Å². The molecule has 0 aliphatic carbocycles. The van der Waals surface area contributed by atoms with Gasteiger partial charge in [-0.15, -0.1) is 0 Å². The van der Waals surface area contributed by atoms with Gasteiger partial charge in [-0.25, -0.2) is 4.39 Å². The van der Waals surface area contributed by atoms with Crippen LogP contribution in [0.2, 0.25) is 0 Å². The second-order valence-corrected chi connectivity index (χ2v) is 6.19.